The maximum atomic E-state index is 15.0. The lowest BCUT2D eigenvalue weighted by molar-refractivity contribution is -0.428. The zero-order valence-electron chi connectivity index (χ0n) is 22.5. The molecule has 1 aliphatic heterocycles. The van der Waals surface area contributed by atoms with Crippen molar-refractivity contribution in [1.29, 1.82) is 0 Å². The monoisotopic (exact) mass is 596 g/mol. The molecule has 1 heterocycles. The van der Waals surface area contributed by atoms with E-state index in [0.717, 1.165) is 21.2 Å². The topological polar surface area (TPSA) is 80.5 Å². The lowest BCUT2D eigenvalue weighted by Gasteiger charge is -2.36. The number of sulfonamides is 1. The van der Waals surface area contributed by atoms with E-state index >= 15 is 0 Å². The van der Waals surface area contributed by atoms with Crippen LogP contribution in [0, 0.1) is 10.1 Å². The third-order valence-corrected chi connectivity index (χ3v) is 9.43. The summed E-state index contributed by atoms with van der Waals surface area (Å²) in [6.45, 7) is 12.1. The molecule has 0 saturated heterocycles. The second-order valence-electron chi connectivity index (χ2n) is 10.6. The van der Waals surface area contributed by atoms with Crippen LogP contribution in [0.25, 0.3) is 6.08 Å². The first-order valence-electron chi connectivity index (χ1n) is 12.8. The Bertz CT molecular complexity index is 1480. The summed E-state index contributed by atoms with van der Waals surface area (Å²) in [4.78, 5) is 12.2. The maximum absolute atomic E-state index is 15.0. The SMILES string of the molecule is CC(C)c1cc(C(C)C)c(S(=O)(=O)N2c3ccccc3C=C([N+](=O)[O-])[C@@H]2c2ccc(Br)cc2)c(C(C)C)c1. The molecule has 200 valence electrons. The fraction of sp³-hybridized carbons (Fsp3) is 0.333. The number of anilines is 1. The van der Waals surface area contributed by atoms with Gasteiger partial charge in [0.05, 0.1) is 15.5 Å². The molecule has 1 aliphatic rings. The number of halogens is 1. The zero-order valence-corrected chi connectivity index (χ0v) is 24.9. The van der Waals surface area contributed by atoms with Crippen molar-refractivity contribution < 1.29 is 13.3 Å². The minimum atomic E-state index is -4.27. The molecule has 0 N–H and O–H groups in total. The Morgan fingerprint density at radius 2 is 1.42 bits per heavy atom. The Hall–Kier alpha value is -2.97. The van der Waals surface area contributed by atoms with Gasteiger partial charge in [0.1, 0.15) is 0 Å². The largest absolute Gasteiger partial charge is 0.274 e. The van der Waals surface area contributed by atoms with E-state index in [2.05, 4.69) is 29.8 Å². The van der Waals surface area contributed by atoms with Crippen LogP contribution in [-0.4, -0.2) is 13.3 Å². The van der Waals surface area contributed by atoms with Crippen LogP contribution in [0.3, 0.4) is 0 Å². The van der Waals surface area contributed by atoms with Gasteiger partial charge in [0, 0.05) is 16.1 Å². The predicted octanol–water partition coefficient (Wildman–Crippen LogP) is 8.39. The van der Waals surface area contributed by atoms with E-state index in [1.165, 1.54) is 10.4 Å². The number of nitrogens with zero attached hydrogens (tertiary/aromatic N) is 2. The van der Waals surface area contributed by atoms with Gasteiger partial charge >= 0.3 is 0 Å². The minimum Gasteiger partial charge on any atom is -0.259 e. The Balaban J connectivity index is 2.11. The Morgan fingerprint density at radius 1 is 0.868 bits per heavy atom. The number of rotatable bonds is 7. The van der Waals surface area contributed by atoms with Crippen molar-refractivity contribution in [2.75, 3.05) is 4.31 Å². The van der Waals surface area contributed by atoms with Crippen LogP contribution in [0.5, 0.6) is 0 Å². The van der Waals surface area contributed by atoms with Crippen molar-refractivity contribution >= 4 is 37.7 Å². The summed E-state index contributed by atoms with van der Waals surface area (Å²) in [6, 6.07) is 16.8. The standard InChI is InChI=1S/C30H33BrN2O4S/c1-18(2)23-15-25(19(3)4)30(26(16-23)20(5)6)38(36,37)32-27-10-8-7-9-22(27)17-28(33(34)35)29(32)21-11-13-24(31)14-12-21/h7-20,29H,1-6H3/t29-/m0/s1. The summed E-state index contributed by atoms with van der Waals surface area (Å²) in [5, 5.41) is 12.4. The second-order valence-corrected chi connectivity index (χ2v) is 13.3. The van der Waals surface area contributed by atoms with Gasteiger partial charge in [-0.1, -0.05) is 99.9 Å². The lowest BCUT2D eigenvalue weighted by atomic mass is 9.89. The molecule has 0 spiro atoms. The van der Waals surface area contributed by atoms with Crippen molar-refractivity contribution in [3.63, 3.8) is 0 Å². The normalized spacial score (nSPS) is 15.7. The molecule has 0 saturated carbocycles. The van der Waals surface area contributed by atoms with E-state index in [9.17, 15) is 18.5 Å². The molecule has 0 aliphatic carbocycles. The van der Waals surface area contributed by atoms with Crippen molar-refractivity contribution in [2.24, 2.45) is 0 Å². The Labute approximate surface area is 233 Å². The quantitative estimate of drug-likeness (QED) is 0.202. The first kappa shape index (κ1) is 28.0. The number of benzene rings is 3. The summed E-state index contributed by atoms with van der Waals surface area (Å²) >= 11 is 3.42. The number of para-hydroxylation sites is 1. The molecule has 0 unspecified atom stereocenters. The molecule has 0 amide bonds. The number of hydrogen-bond acceptors (Lipinski definition) is 4. The third-order valence-electron chi connectivity index (χ3n) is 6.99. The van der Waals surface area contributed by atoms with Gasteiger partial charge < -0.3 is 0 Å². The third kappa shape index (κ3) is 5.04. The fourth-order valence-electron chi connectivity index (χ4n) is 4.97. The van der Waals surface area contributed by atoms with E-state index in [1.807, 2.05) is 39.8 Å². The first-order chi connectivity index (χ1) is 17.8. The van der Waals surface area contributed by atoms with Crippen LogP contribution < -0.4 is 4.31 Å². The van der Waals surface area contributed by atoms with Crippen molar-refractivity contribution in [1.82, 2.24) is 0 Å². The average Bonchev–Trinajstić information content (AvgIpc) is 2.86. The smallest absolute Gasteiger partial charge is 0.259 e. The van der Waals surface area contributed by atoms with Crippen LogP contribution in [0.2, 0.25) is 0 Å². The van der Waals surface area contributed by atoms with E-state index < -0.39 is 21.0 Å². The highest BCUT2D eigenvalue weighted by molar-refractivity contribution is 9.10. The highest BCUT2D eigenvalue weighted by atomic mass is 79.9. The number of hydrogen-bond donors (Lipinski definition) is 0. The molecule has 0 bridgehead atoms. The summed E-state index contributed by atoms with van der Waals surface area (Å²) in [7, 11) is -4.27. The molecule has 3 aromatic rings. The van der Waals surface area contributed by atoms with Gasteiger partial charge in [-0.25, -0.2) is 12.7 Å². The summed E-state index contributed by atoms with van der Waals surface area (Å²) < 4.78 is 32.0. The molecule has 3 aromatic carbocycles. The molecule has 1 atom stereocenters. The van der Waals surface area contributed by atoms with E-state index in [1.54, 1.807) is 48.5 Å². The Morgan fingerprint density at radius 3 is 1.92 bits per heavy atom. The van der Waals surface area contributed by atoms with Gasteiger partial charge in [0.2, 0.25) is 0 Å². The number of nitro groups is 1. The van der Waals surface area contributed by atoms with Crippen LogP contribution in [0.1, 0.15) is 93.2 Å². The van der Waals surface area contributed by atoms with Crippen LogP contribution in [-0.2, 0) is 10.0 Å². The van der Waals surface area contributed by atoms with E-state index in [0.29, 0.717) is 16.8 Å². The second kappa shape index (κ2) is 10.7. The van der Waals surface area contributed by atoms with Crippen LogP contribution >= 0.6 is 15.9 Å². The first-order valence-corrected chi connectivity index (χ1v) is 15.0. The van der Waals surface area contributed by atoms with Gasteiger partial charge in [-0.05, 0) is 58.2 Å². The molecule has 0 radical (unpaired) electrons. The predicted molar refractivity (Wildman–Crippen MR) is 157 cm³/mol. The van der Waals surface area contributed by atoms with Gasteiger partial charge in [-0.3, -0.25) is 10.1 Å². The molecule has 0 fully saturated rings. The molecule has 8 heteroatoms. The molecule has 4 rings (SSSR count). The van der Waals surface area contributed by atoms with Gasteiger partial charge in [0.15, 0.2) is 6.04 Å². The summed E-state index contributed by atoms with van der Waals surface area (Å²) in [5.74, 6) is 0.0670. The zero-order chi connectivity index (χ0) is 27.9. The van der Waals surface area contributed by atoms with Crippen molar-refractivity contribution in [3.05, 3.63) is 109 Å². The lowest BCUT2D eigenvalue weighted by Crippen LogP contribution is -2.40. The van der Waals surface area contributed by atoms with Crippen molar-refractivity contribution in [2.45, 2.75) is 70.2 Å². The molecule has 0 aromatic heterocycles. The van der Waals surface area contributed by atoms with Gasteiger partial charge in [0.25, 0.3) is 15.7 Å². The molecule has 6 nitrogen and oxygen atoms in total. The minimum absolute atomic E-state index is 0.0762. The van der Waals surface area contributed by atoms with Crippen LogP contribution in [0.4, 0.5) is 5.69 Å². The Kier molecular flexibility index (Phi) is 7.86. The summed E-state index contributed by atoms with van der Waals surface area (Å²) in [5.41, 5.74) is 3.77. The van der Waals surface area contributed by atoms with Gasteiger partial charge in [-0.2, -0.15) is 0 Å². The van der Waals surface area contributed by atoms with Crippen LogP contribution in [0.15, 0.2) is 75.7 Å². The summed E-state index contributed by atoms with van der Waals surface area (Å²) in [6.07, 6.45) is 1.49. The fourth-order valence-corrected chi connectivity index (χ4v) is 7.54. The average molecular weight is 598 g/mol. The maximum Gasteiger partial charge on any atom is 0.274 e. The highest BCUT2D eigenvalue weighted by Crippen LogP contribution is 2.47. The molecular formula is C30H33BrN2O4S. The molecular weight excluding hydrogens is 564 g/mol. The van der Waals surface area contributed by atoms with Gasteiger partial charge in [-0.15, -0.1) is 0 Å². The highest BCUT2D eigenvalue weighted by Gasteiger charge is 2.45. The van der Waals surface area contributed by atoms with E-state index in [-0.39, 0.29) is 28.3 Å². The molecule has 38 heavy (non-hydrogen) atoms. The van der Waals surface area contributed by atoms with E-state index in [4.69, 9.17) is 0 Å². The van der Waals surface area contributed by atoms with Crippen molar-refractivity contribution in [3.8, 4) is 0 Å². The number of fused-ring (bicyclic) bond motifs is 1.